The molecule has 1 amide bonds. The first kappa shape index (κ1) is 13.1. The van der Waals surface area contributed by atoms with Crippen LogP contribution in [0.1, 0.15) is 24.9 Å². The molecular formula is C14H15ClN4O. The molecule has 1 aromatic carbocycles. The lowest BCUT2D eigenvalue weighted by molar-refractivity contribution is -0.117. The molecule has 1 unspecified atom stereocenters. The Bertz CT molecular complexity index is 639. The summed E-state index contributed by atoms with van der Waals surface area (Å²) < 4.78 is 1.68. The molecule has 1 aromatic heterocycles. The molecule has 0 bridgehead atoms. The highest BCUT2D eigenvalue weighted by molar-refractivity contribution is 6.32. The zero-order valence-corrected chi connectivity index (χ0v) is 11.8. The van der Waals surface area contributed by atoms with Crippen LogP contribution in [0.4, 0.5) is 5.69 Å². The van der Waals surface area contributed by atoms with Crippen molar-refractivity contribution in [1.29, 1.82) is 0 Å². The lowest BCUT2D eigenvalue weighted by Crippen LogP contribution is -2.28. The number of carbonyl (C=O) groups excluding carboxylic acids is 1. The molecule has 0 radical (unpaired) electrons. The predicted octanol–water partition coefficient (Wildman–Crippen LogP) is 2.52. The zero-order valence-electron chi connectivity index (χ0n) is 11.1. The Hall–Kier alpha value is -1.85. The third kappa shape index (κ3) is 2.19. The van der Waals surface area contributed by atoms with E-state index in [2.05, 4.69) is 22.7 Å². The predicted molar refractivity (Wildman–Crippen MR) is 78.2 cm³/mol. The van der Waals surface area contributed by atoms with E-state index in [0.717, 1.165) is 29.9 Å². The van der Waals surface area contributed by atoms with Gasteiger partial charge in [0, 0.05) is 23.6 Å². The molecule has 1 aliphatic rings. The van der Waals surface area contributed by atoms with Crippen molar-refractivity contribution in [2.75, 3.05) is 11.9 Å². The topological polar surface area (TPSA) is 59.0 Å². The maximum atomic E-state index is 12.0. The quantitative estimate of drug-likeness (QED) is 0.910. The molecule has 2 aromatic rings. The van der Waals surface area contributed by atoms with Gasteiger partial charge in [0.15, 0.2) is 0 Å². The van der Waals surface area contributed by atoms with Gasteiger partial charge in [-0.1, -0.05) is 18.5 Å². The molecule has 5 nitrogen and oxygen atoms in total. The Morgan fingerprint density at radius 1 is 1.50 bits per heavy atom. The summed E-state index contributed by atoms with van der Waals surface area (Å²) in [4.78, 5) is 12.0. The first-order valence-corrected chi connectivity index (χ1v) is 6.96. The van der Waals surface area contributed by atoms with Crippen LogP contribution in [0.5, 0.6) is 0 Å². The van der Waals surface area contributed by atoms with Crippen molar-refractivity contribution in [3.63, 3.8) is 0 Å². The molecule has 2 heterocycles. The molecule has 0 saturated heterocycles. The summed E-state index contributed by atoms with van der Waals surface area (Å²) in [5, 5.41) is 10.9. The van der Waals surface area contributed by atoms with Crippen molar-refractivity contribution in [2.24, 2.45) is 0 Å². The molecule has 0 saturated carbocycles. The minimum atomic E-state index is -0.325. The number of aromatic nitrogens is 2. The molecule has 0 aliphatic carbocycles. The molecule has 6 heteroatoms. The van der Waals surface area contributed by atoms with Crippen LogP contribution in [0.2, 0.25) is 5.02 Å². The van der Waals surface area contributed by atoms with E-state index >= 15 is 0 Å². The van der Waals surface area contributed by atoms with Gasteiger partial charge in [-0.2, -0.15) is 5.10 Å². The van der Waals surface area contributed by atoms with E-state index in [1.54, 1.807) is 10.9 Å². The van der Waals surface area contributed by atoms with Crippen LogP contribution in [0.3, 0.4) is 0 Å². The second kappa shape index (κ2) is 5.26. The fourth-order valence-corrected chi connectivity index (χ4v) is 2.61. The number of amides is 1. The second-order valence-corrected chi connectivity index (χ2v) is 5.13. The van der Waals surface area contributed by atoms with E-state index in [4.69, 9.17) is 11.6 Å². The van der Waals surface area contributed by atoms with Crippen LogP contribution in [-0.2, 0) is 4.79 Å². The number of hydrogen-bond donors (Lipinski definition) is 2. The van der Waals surface area contributed by atoms with Gasteiger partial charge in [-0.3, -0.25) is 4.79 Å². The van der Waals surface area contributed by atoms with Crippen molar-refractivity contribution < 1.29 is 4.79 Å². The normalized spacial score (nSPS) is 17.1. The van der Waals surface area contributed by atoms with Gasteiger partial charge in [-0.25, -0.2) is 4.68 Å². The van der Waals surface area contributed by atoms with Crippen LogP contribution in [-0.4, -0.2) is 22.2 Å². The summed E-state index contributed by atoms with van der Waals surface area (Å²) in [5.41, 5.74) is 2.44. The summed E-state index contributed by atoms with van der Waals surface area (Å²) in [6, 6.07) is 5.19. The summed E-state index contributed by atoms with van der Waals surface area (Å²) in [7, 11) is 0. The number of halogens is 1. The first-order valence-electron chi connectivity index (χ1n) is 6.58. The Balaban J connectivity index is 1.99. The molecule has 104 valence electrons. The monoisotopic (exact) mass is 290 g/mol. The van der Waals surface area contributed by atoms with Crippen molar-refractivity contribution in [3.8, 4) is 5.69 Å². The zero-order chi connectivity index (χ0) is 14.1. The SMILES string of the molecule is CCCNC1C(=O)Nc2cc(-n3cccn3)c(Cl)cc21. The van der Waals surface area contributed by atoms with Crippen molar-refractivity contribution in [1.82, 2.24) is 15.1 Å². The standard InChI is InChI=1S/C14H15ClN4O/c1-2-4-16-13-9-7-10(15)12(19-6-3-5-17-19)8-11(9)18-14(13)20/h3,5-8,13,16H,2,4H2,1H3,(H,18,20). The lowest BCUT2D eigenvalue weighted by atomic mass is 10.1. The number of carbonyl (C=O) groups is 1. The smallest absolute Gasteiger partial charge is 0.246 e. The van der Waals surface area contributed by atoms with E-state index in [-0.39, 0.29) is 11.9 Å². The van der Waals surface area contributed by atoms with E-state index < -0.39 is 0 Å². The largest absolute Gasteiger partial charge is 0.324 e. The summed E-state index contributed by atoms with van der Waals surface area (Å²) in [6.45, 7) is 2.85. The van der Waals surface area contributed by atoms with Crippen molar-refractivity contribution in [2.45, 2.75) is 19.4 Å². The third-order valence-electron chi connectivity index (χ3n) is 3.30. The van der Waals surface area contributed by atoms with Crippen LogP contribution in [0, 0.1) is 0 Å². The van der Waals surface area contributed by atoms with Gasteiger partial charge < -0.3 is 10.6 Å². The summed E-state index contributed by atoms with van der Waals surface area (Å²) in [6.07, 6.45) is 4.48. The Morgan fingerprint density at radius 2 is 2.35 bits per heavy atom. The van der Waals surface area contributed by atoms with Gasteiger partial charge in [0.25, 0.3) is 0 Å². The number of rotatable bonds is 4. The number of nitrogens with zero attached hydrogens (tertiary/aromatic N) is 2. The van der Waals surface area contributed by atoms with Crippen molar-refractivity contribution in [3.05, 3.63) is 41.2 Å². The van der Waals surface area contributed by atoms with Gasteiger partial charge in [0.1, 0.15) is 6.04 Å². The van der Waals surface area contributed by atoms with Gasteiger partial charge in [-0.15, -0.1) is 0 Å². The van der Waals surface area contributed by atoms with Crippen LogP contribution < -0.4 is 10.6 Å². The average molecular weight is 291 g/mol. The number of anilines is 1. The maximum Gasteiger partial charge on any atom is 0.246 e. The van der Waals surface area contributed by atoms with Gasteiger partial charge in [0.2, 0.25) is 5.91 Å². The fourth-order valence-electron chi connectivity index (χ4n) is 2.35. The lowest BCUT2D eigenvalue weighted by Gasteiger charge is -2.12. The summed E-state index contributed by atoms with van der Waals surface area (Å²) in [5.74, 6) is -0.0397. The van der Waals surface area contributed by atoms with E-state index in [9.17, 15) is 4.79 Å². The number of benzene rings is 1. The molecule has 20 heavy (non-hydrogen) atoms. The first-order chi connectivity index (χ1) is 9.70. The maximum absolute atomic E-state index is 12.0. The van der Waals surface area contributed by atoms with E-state index in [1.165, 1.54) is 0 Å². The molecular weight excluding hydrogens is 276 g/mol. The highest BCUT2D eigenvalue weighted by Gasteiger charge is 2.31. The van der Waals surface area contributed by atoms with Gasteiger partial charge in [-0.05, 0) is 31.2 Å². The summed E-state index contributed by atoms with van der Waals surface area (Å²) >= 11 is 6.32. The van der Waals surface area contributed by atoms with E-state index in [1.807, 2.05) is 24.4 Å². The van der Waals surface area contributed by atoms with Crippen molar-refractivity contribution >= 4 is 23.2 Å². The van der Waals surface area contributed by atoms with Gasteiger partial charge >= 0.3 is 0 Å². The Kier molecular flexibility index (Phi) is 3.46. The number of hydrogen-bond acceptors (Lipinski definition) is 3. The third-order valence-corrected chi connectivity index (χ3v) is 3.60. The number of nitrogens with one attached hydrogen (secondary N) is 2. The van der Waals surface area contributed by atoms with Gasteiger partial charge in [0.05, 0.1) is 10.7 Å². The molecule has 3 rings (SSSR count). The second-order valence-electron chi connectivity index (χ2n) is 4.72. The molecule has 1 atom stereocenters. The highest BCUT2D eigenvalue weighted by Crippen LogP contribution is 2.36. The van der Waals surface area contributed by atoms with E-state index in [0.29, 0.717) is 5.02 Å². The minimum Gasteiger partial charge on any atom is -0.324 e. The molecule has 0 fully saturated rings. The average Bonchev–Trinajstić information content (AvgIpc) is 3.04. The van der Waals surface area contributed by atoms with Crippen LogP contribution in [0.25, 0.3) is 5.69 Å². The molecule has 1 aliphatic heterocycles. The molecule has 0 spiro atoms. The number of fused-ring (bicyclic) bond motifs is 1. The highest BCUT2D eigenvalue weighted by atomic mass is 35.5. The Morgan fingerprint density at radius 3 is 3.05 bits per heavy atom. The van der Waals surface area contributed by atoms with Crippen LogP contribution >= 0.6 is 11.6 Å². The molecule has 2 N–H and O–H groups in total. The Labute approximate surface area is 121 Å². The fraction of sp³-hybridized carbons (Fsp3) is 0.286. The van der Waals surface area contributed by atoms with Crippen LogP contribution in [0.15, 0.2) is 30.6 Å². The minimum absolute atomic E-state index is 0.0397.